The van der Waals surface area contributed by atoms with E-state index in [1.807, 2.05) is 6.21 Å². The van der Waals surface area contributed by atoms with Crippen LogP contribution in [0.2, 0.25) is 19.6 Å². The zero-order valence-corrected chi connectivity index (χ0v) is 12.9. The highest BCUT2D eigenvalue weighted by Crippen LogP contribution is 2.29. The van der Waals surface area contributed by atoms with Crippen LogP contribution in [0.3, 0.4) is 0 Å². The van der Waals surface area contributed by atoms with Gasteiger partial charge in [-0.3, -0.25) is 4.99 Å². The van der Waals surface area contributed by atoms with Gasteiger partial charge in [-0.25, -0.2) is 0 Å². The van der Waals surface area contributed by atoms with Gasteiger partial charge in [-0.1, -0.05) is 33.5 Å². The maximum atomic E-state index is 4.37. The second-order valence-electron chi connectivity index (χ2n) is 4.90. The van der Waals surface area contributed by atoms with E-state index in [9.17, 15) is 0 Å². The van der Waals surface area contributed by atoms with Crippen LogP contribution < -0.4 is 0 Å². The van der Waals surface area contributed by atoms with Gasteiger partial charge in [-0.2, -0.15) is 11.2 Å². The van der Waals surface area contributed by atoms with Crippen LogP contribution >= 0.6 is 11.2 Å². The SMILES string of the molecule is CC/C=N/CCCC(CC)S[Si](C)(C)C. The van der Waals surface area contributed by atoms with Crippen molar-refractivity contribution in [3.8, 4) is 0 Å². The van der Waals surface area contributed by atoms with Gasteiger partial charge in [0.05, 0.1) is 0 Å². The monoisotopic (exact) mass is 245 g/mol. The van der Waals surface area contributed by atoms with Gasteiger partial charge in [0.15, 0.2) is 0 Å². The summed E-state index contributed by atoms with van der Waals surface area (Å²) in [4.78, 5) is 4.37. The summed E-state index contributed by atoms with van der Waals surface area (Å²) in [7, 11) is -0.938. The van der Waals surface area contributed by atoms with Crippen molar-refractivity contribution < 1.29 is 0 Å². The van der Waals surface area contributed by atoms with Crippen LogP contribution in [0.4, 0.5) is 0 Å². The molecule has 0 radical (unpaired) electrons. The molecule has 0 fully saturated rings. The molecule has 0 rings (SSSR count). The van der Waals surface area contributed by atoms with Crippen LogP contribution in [0.5, 0.6) is 0 Å². The van der Waals surface area contributed by atoms with E-state index in [1.165, 1.54) is 19.3 Å². The van der Waals surface area contributed by atoms with Gasteiger partial charge in [0, 0.05) is 6.54 Å². The second kappa shape index (κ2) is 8.40. The minimum atomic E-state index is -0.938. The summed E-state index contributed by atoms with van der Waals surface area (Å²) in [5.74, 6) is 0. The summed E-state index contributed by atoms with van der Waals surface area (Å²) >= 11 is 2.25. The van der Waals surface area contributed by atoms with Crippen LogP contribution in [-0.4, -0.2) is 25.2 Å². The largest absolute Gasteiger partial charge is 0.298 e. The Kier molecular flexibility index (Phi) is 8.53. The van der Waals surface area contributed by atoms with Crippen molar-refractivity contribution in [1.29, 1.82) is 0 Å². The van der Waals surface area contributed by atoms with Crippen LogP contribution in [0.15, 0.2) is 4.99 Å². The van der Waals surface area contributed by atoms with Gasteiger partial charge in [-0.15, -0.1) is 0 Å². The summed E-state index contributed by atoms with van der Waals surface area (Å²) in [6.07, 6.45) is 7.01. The highest BCUT2D eigenvalue weighted by molar-refractivity contribution is 8.29. The second-order valence-corrected chi connectivity index (χ2v) is 14.4. The summed E-state index contributed by atoms with van der Waals surface area (Å²) in [5.41, 5.74) is 0. The minimum Gasteiger partial charge on any atom is -0.298 e. The minimum absolute atomic E-state index is 0.869. The molecule has 0 heterocycles. The molecule has 3 heteroatoms. The lowest BCUT2D eigenvalue weighted by atomic mass is 10.2. The molecule has 0 aliphatic carbocycles. The predicted molar refractivity (Wildman–Crippen MR) is 77.9 cm³/mol. The van der Waals surface area contributed by atoms with Gasteiger partial charge >= 0.3 is 0 Å². The fourth-order valence-corrected chi connectivity index (χ4v) is 6.78. The van der Waals surface area contributed by atoms with E-state index in [-0.39, 0.29) is 0 Å². The molecule has 1 unspecified atom stereocenters. The normalized spacial score (nSPS) is 14.7. The zero-order chi connectivity index (χ0) is 11.7. The smallest absolute Gasteiger partial charge is 0.108 e. The molecule has 0 amide bonds. The topological polar surface area (TPSA) is 12.4 Å². The van der Waals surface area contributed by atoms with E-state index in [4.69, 9.17) is 0 Å². The molecular formula is C12H27NSSi. The van der Waals surface area contributed by atoms with Crippen LogP contribution in [0, 0.1) is 0 Å². The van der Waals surface area contributed by atoms with E-state index < -0.39 is 7.22 Å². The van der Waals surface area contributed by atoms with Crippen molar-refractivity contribution in [2.75, 3.05) is 6.54 Å². The van der Waals surface area contributed by atoms with E-state index in [2.05, 4.69) is 49.7 Å². The molecule has 0 saturated carbocycles. The van der Waals surface area contributed by atoms with Crippen molar-refractivity contribution in [2.24, 2.45) is 4.99 Å². The fourth-order valence-electron chi connectivity index (χ4n) is 1.48. The summed E-state index contributed by atoms with van der Waals surface area (Å²) in [6.45, 7) is 12.8. The number of hydrogen-bond donors (Lipinski definition) is 0. The summed E-state index contributed by atoms with van der Waals surface area (Å²) in [6, 6.07) is 0. The van der Waals surface area contributed by atoms with Crippen LogP contribution in [0.1, 0.15) is 39.5 Å². The number of rotatable bonds is 8. The third-order valence-electron chi connectivity index (χ3n) is 2.10. The first-order valence-electron chi connectivity index (χ1n) is 6.15. The lowest BCUT2D eigenvalue weighted by molar-refractivity contribution is 0.693. The molecular weight excluding hydrogens is 218 g/mol. The van der Waals surface area contributed by atoms with E-state index in [1.54, 1.807) is 0 Å². The lowest BCUT2D eigenvalue weighted by Gasteiger charge is -2.23. The number of aliphatic imine (C=N–C) groups is 1. The molecule has 0 N–H and O–H groups in total. The maximum absolute atomic E-state index is 4.37. The third-order valence-corrected chi connectivity index (χ3v) is 6.83. The zero-order valence-electron chi connectivity index (χ0n) is 11.0. The van der Waals surface area contributed by atoms with Gasteiger partial charge < -0.3 is 0 Å². The Morgan fingerprint density at radius 1 is 1.27 bits per heavy atom. The Morgan fingerprint density at radius 3 is 2.40 bits per heavy atom. The van der Waals surface area contributed by atoms with E-state index in [0.29, 0.717) is 0 Å². The van der Waals surface area contributed by atoms with Crippen molar-refractivity contribution in [3.05, 3.63) is 0 Å². The fraction of sp³-hybridized carbons (Fsp3) is 0.917. The molecule has 15 heavy (non-hydrogen) atoms. The molecule has 1 atom stereocenters. The number of hydrogen-bond acceptors (Lipinski definition) is 2. The Hall–Kier alpha value is 0.237. The third kappa shape index (κ3) is 10.5. The molecule has 0 aromatic rings. The number of nitrogens with zero attached hydrogens (tertiary/aromatic N) is 1. The van der Waals surface area contributed by atoms with Gasteiger partial charge in [-0.05, 0) is 37.1 Å². The Morgan fingerprint density at radius 2 is 1.93 bits per heavy atom. The quantitative estimate of drug-likeness (QED) is 0.346. The van der Waals surface area contributed by atoms with Crippen molar-refractivity contribution in [1.82, 2.24) is 0 Å². The van der Waals surface area contributed by atoms with Crippen molar-refractivity contribution in [2.45, 2.75) is 64.4 Å². The first-order chi connectivity index (χ1) is 6.99. The van der Waals surface area contributed by atoms with Gasteiger partial charge in [0.1, 0.15) is 7.22 Å². The average molecular weight is 246 g/mol. The summed E-state index contributed by atoms with van der Waals surface area (Å²) in [5, 5.41) is 0.869. The summed E-state index contributed by atoms with van der Waals surface area (Å²) < 4.78 is 0. The van der Waals surface area contributed by atoms with Crippen LogP contribution in [0.25, 0.3) is 0 Å². The van der Waals surface area contributed by atoms with Crippen molar-refractivity contribution in [3.63, 3.8) is 0 Å². The Balaban J connectivity index is 3.67. The van der Waals surface area contributed by atoms with Crippen LogP contribution in [-0.2, 0) is 0 Å². The predicted octanol–water partition coefficient (Wildman–Crippen LogP) is 4.59. The molecule has 0 aliphatic rings. The molecule has 0 aliphatic heterocycles. The molecule has 0 aromatic heterocycles. The molecule has 90 valence electrons. The van der Waals surface area contributed by atoms with E-state index in [0.717, 1.165) is 18.2 Å². The molecule has 1 nitrogen and oxygen atoms in total. The highest BCUT2D eigenvalue weighted by atomic mass is 32.4. The first kappa shape index (κ1) is 15.2. The molecule has 0 bridgehead atoms. The standard InChI is InChI=1S/C12H27NSSi/c1-6-10-13-11-8-9-12(7-2)14-15(3,4)5/h10,12H,6-9,11H2,1-5H3/b13-10+. The molecule has 0 saturated heterocycles. The Bertz CT molecular complexity index is 175. The molecule has 0 spiro atoms. The maximum Gasteiger partial charge on any atom is 0.108 e. The Labute approximate surface area is 101 Å². The lowest BCUT2D eigenvalue weighted by Crippen LogP contribution is -2.20. The average Bonchev–Trinajstić information content (AvgIpc) is 2.14. The van der Waals surface area contributed by atoms with Gasteiger partial charge in [0.25, 0.3) is 0 Å². The van der Waals surface area contributed by atoms with E-state index >= 15 is 0 Å². The first-order valence-corrected chi connectivity index (χ1v) is 11.3. The molecule has 0 aromatic carbocycles. The van der Waals surface area contributed by atoms with Gasteiger partial charge in [0.2, 0.25) is 0 Å². The highest BCUT2D eigenvalue weighted by Gasteiger charge is 2.19. The van der Waals surface area contributed by atoms with Crippen molar-refractivity contribution >= 4 is 24.6 Å².